The molecule has 2 aromatic rings. The zero-order chi connectivity index (χ0) is 23.2. The number of rotatable bonds is 3. The lowest BCUT2D eigenvalue weighted by Crippen LogP contribution is -2.40. The highest BCUT2D eigenvalue weighted by molar-refractivity contribution is 5.95. The first-order valence-electron chi connectivity index (χ1n) is 10.4. The number of hydrogen-bond acceptors (Lipinski definition) is 4. The summed E-state index contributed by atoms with van der Waals surface area (Å²) in [7, 11) is 1.66. The van der Waals surface area contributed by atoms with E-state index in [0.29, 0.717) is 55.0 Å². The van der Waals surface area contributed by atoms with E-state index in [1.165, 1.54) is 4.90 Å². The molecule has 2 N–H and O–H groups in total. The van der Waals surface area contributed by atoms with Gasteiger partial charge in [0.2, 0.25) is 0 Å². The molecule has 172 valence electrons. The third kappa shape index (κ3) is 3.92. The fourth-order valence-corrected chi connectivity index (χ4v) is 4.27. The summed E-state index contributed by atoms with van der Waals surface area (Å²) >= 11 is 0. The van der Waals surface area contributed by atoms with Crippen LogP contribution in [0.1, 0.15) is 35.1 Å². The minimum atomic E-state index is -1.61. The number of urea groups is 1. The Morgan fingerprint density at radius 2 is 1.97 bits per heavy atom. The van der Waals surface area contributed by atoms with Crippen molar-refractivity contribution in [2.75, 3.05) is 25.5 Å². The molecule has 0 fully saturated rings. The molecule has 0 spiro atoms. The summed E-state index contributed by atoms with van der Waals surface area (Å²) in [5.41, 5.74) is 1.49. The molecule has 3 amide bonds. The Labute approximate surface area is 182 Å². The smallest absolute Gasteiger partial charge is 0.322 e. The van der Waals surface area contributed by atoms with Crippen LogP contribution >= 0.6 is 0 Å². The van der Waals surface area contributed by atoms with Crippen LogP contribution in [-0.2, 0) is 19.5 Å². The normalized spacial score (nSPS) is 19.3. The highest BCUT2D eigenvalue weighted by Gasteiger charge is 2.36. The predicted octanol–water partition coefficient (Wildman–Crippen LogP) is 2.36. The maximum atomic E-state index is 13.5. The van der Waals surface area contributed by atoms with Gasteiger partial charge in [-0.15, -0.1) is 0 Å². The van der Waals surface area contributed by atoms with Gasteiger partial charge in [-0.1, -0.05) is 6.92 Å². The summed E-state index contributed by atoms with van der Waals surface area (Å²) in [4.78, 5) is 28.7. The number of carbonyl (C=O) groups excluding carboxylic acids is 2. The van der Waals surface area contributed by atoms with Crippen LogP contribution in [-0.4, -0.2) is 62.9 Å². The average molecular weight is 451 g/mol. The maximum Gasteiger partial charge on any atom is 0.322 e. The summed E-state index contributed by atoms with van der Waals surface area (Å²) in [6, 6.07) is 0.777. The summed E-state index contributed by atoms with van der Waals surface area (Å²) in [6.07, 6.45) is 0.380. The van der Waals surface area contributed by atoms with E-state index in [1.54, 1.807) is 16.6 Å². The van der Waals surface area contributed by atoms with Crippen molar-refractivity contribution in [2.24, 2.45) is 5.92 Å². The van der Waals surface area contributed by atoms with Crippen LogP contribution in [0.3, 0.4) is 0 Å². The lowest BCUT2D eigenvalue weighted by atomic mass is 10.0. The maximum absolute atomic E-state index is 13.5. The Bertz CT molecular complexity index is 1050. The van der Waals surface area contributed by atoms with Crippen molar-refractivity contribution in [1.29, 1.82) is 0 Å². The Morgan fingerprint density at radius 1 is 1.28 bits per heavy atom. The van der Waals surface area contributed by atoms with Gasteiger partial charge in [0.05, 0.1) is 18.3 Å². The number of aliphatic hydroxyl groups is 1. The van der Waals surface area contributed by atoms with Gasteiger partial charge in [-0.3, -0.25) is 9.48 Å². The monoisotopic (exact) mass is 451 g/mol. The first-order valence-corrected chi connectivity index (χ1v) is 10.4. The number of carbonyl (C=O) groups is 2. The van der Waals surface area contributed by atoms with Crippen LogP contribution in [0.5, 0.6) is 0 Å². The van der Waals surface area contributed by atoms with Gasteiger partial charge < -0.3 is 20.2 Å². The van der Waals surface area contributed by atoms with Crippen LogP contribution in [0.25, 0.3) is 0 Å². The first-order chi connectivity index (χ1) is 15.2. The fraction of sp³-hybridized carbons (Fsp3) is 0.476. The number of aromatic nitrogens is 2. The highest BCUT2D eigenvalue weighted by Crippen LogP contribution is 2.28. The molecule has 2 aliphatic heterocycles. The van der Waals surface area contributed by atoms with E-state index >= 15 is 0 Å². The number of aliphatic hydroxyl groups excluding tert-OH is 1. The number of halogens is 3. The molecule has 0 radical (unpaired) electrons. The van der Waals surface area contributed by atoms with Crippen LogP contribution in [0.4, 0.5) is 23.7 Å². The van der Waals surface area contributed by atoms with Crippen LogP contribution < -0.4 is 5.32 Å². The molecule has 0 bridgehead atoms. The number of nitrogens with zero attached hydrogens (tertiary/aromatic N) is 4. The van der Waals surface area contributed by atoms with Gasteiger partial charge in [-0.2, -0.15) is 5.10 Å². The molecule has 4 rings (SSSR count). The van der Waals surface area contributed by atoms with Crippen LogP contribution in [0.2, 0.25) is 0 Å². The Morgan fingerprint density at radius 3 is 2.62 bits per heavy atom. The molecule has 0 aliphatic carbocycles. The van der Waals surface area contributed by atoms with E-state index in [-0.39, 0.29) is 30.6 Å². The van der Waals surface area contributed by atoms with E-state index in [9.17, 15) is 27.9 Å². The summed E-state index contributed by atoms with van der Waals surface area (Å²) in [5, 5.41) is 17.3. The number of benzene rings is 1. The summed E-state index contributed by atoms with van der Waals surface area (Å²) in [6.45, 7) is 3.02. The zero-order valence-corrected chi connectivity index (χ0v) is 17.7. The van der Waals surface area contributed by atoms with Crippen molar-refractivity contribution in [3.05, 3.63) is 46.5 Å². The number of fused-ring (bicyclic) bond motifs is 3. The number of anilines is 1. The predicted molar refractivity (Wildman–Crippen MR) is 108 cm³/mol. The van der Waals surface area contributed by atoms with Gasteiger partial charge in [0.15, 0.2) is 17.5 Å². The lowest BCUT2D eigenvalue weighted by molar-refractivity contribution is 0.0626. The van der Waals surface area contributed by atoms with E-state index < -0.39 is 29.6 Å². The third-order valence-corrected chi connectivity index (χ3v) is 6.05. The number of nitrogens with one attached hydrogen (secondary N) is 1. The van der Waals surface area contributed by atoms with Gasteiger partial charge in [-0.25, -0.2) is 18.0 Å². The first kappa shape index (κ1) is 22.1. The molecule has 3 heterocycles. The van der Waals surface area contributed by atoms with E-state index in [1.807, 2.05) is 6.92 Å². The second-order valence-corrected chi connectivity index (χ2v) is 8.23. The molecular weight excluding hydrogens is 427 g/mol. The van der Waals surface area contributed by atoms with Crippen molar-refractivity contribution in [2.45, 2.75) is 39.0 Å². The zero-order valence-electron chi connectivity index (χ0n) is 17.7. The van der Waals surface area contributed by atoms with E-state index in [0.717, 1.165) is 0 Å². The van der Waals surface area contributed by atoms with Crippen molar-refractivity contribution < 1.29 is 27.9 Å². The fourth-order valence-electron chi connectivity index (χ4n) is 4.27. The molecule has 2 atom stereocenters. The molecule has 11 heteroatoms. The van der Waals surface area contributed by atoms with Gasteiger partial charge in [0, 0.05) is 62.4 Å². The number of amides is 3. The second-order valence-electron chi connectivity index (χ2n) is 8.23. The third-order valence-electron chi connectivity index (χ3n) is 6.05. The SMILES string of the molecule is CCC(O)[C@@H]1CN(C)C(=O)c2c3c(nn2C1)CCN(C(=O)Nc1cc(F)c(F)c(F)c1)C3. The molecule has 32 heavy (non-hydrogen) atoms. The molecule has 1 unspecified atom stereocenters. The van der Waals surface area contributed by atoms with Crippen LogP contribution in [0, 0.1) is 23.4 Å². The van der Waals surface area contributed by atoms with E-state index in [2.05, 4.69) is 10.4 Å². The van der Waals surface area contributed by atoms with Crippen molar-refractivity contribution in [1.82, 2.24) is 19.6 Å². The molecule has 0 saturated carbocycles. The minimum Gasteiger partial charge on any atom is -0.393 e. The Balaban J connectivity index is 1.57. The van der Waals surface area contributed by atoms with Gasteiger partial charge >= 0.3 is 6.03 Å². The van der Waals surface area contributed by atoms with E-state index in [4.69, 9.17) is 0 Å². The molecule has 1 aromatic carbocycles. The molecule has 1 aromatic heterocycles. The van der Waals surface area contributed by atoms with Gasteiger partial charge in [0.25, 0.3) is 5.91 Å². The standard InChI is InChI=1S/C21H24F3N5O3/c1-3-17(30)11-8-27(2)20(31)19-13-10-28(5-4-16(13)26-29(19)9-11)21(32)25-12-6-14(22)18(24)15(23)7-12/h6-7,11,17,30H,3-5,8-10H2,1-2H3,(H,25,32)/t11-,17?/m1/s1. The molecule has 0 saturated heterocycles. The Kier molecular flexibility index (Phi) is 5.85. The summed E-state index contributed by atoms with van der Waals surface area (Å²) < 4.78 is 41.7. The second kappa shape index (κ2) is 8.45. The molecular formula is C21H24F3N5O3. The van der Waals surface area contributed by atoms with Crippen molar-refractivity contribution in [3.8, 4) is 0 Å². The topological polar surface area (TPSA) is 90.7 Å². The summed E-state index contributed by atoms with van der Waals surface area (Å²) in [5.74, 6) is -4.82. The minimum absolute atomic E-state index is 0.0865. The van der Waals surface area contributed by atoms with Gasteiger partial charge in [-0.05, 0) is 6.42 Å². The van der Waals surface area contributed by atoms with Crippen LogP contribution in [0.15, 0.2) is 12.1 Å². The largest absolute Gasteiger partial charge is 0.393 e. The lowest BCUT2D eigenvalue weighted by Gasteiger charge is -2.27. The van der Waals surface area contributed by atoms with Gasteiger partial charge in [0.1, 0.15) is 5.69 Å². The highest BCUT2D eigenvalue weighted by atomic mass is 19.2. The van der Waals surface area contributed by atoms with Crippen molar-refractivity contribution in [3.63, 3.8) is 0 Å². The van der Waals surface area contributed by atoms with Crippen molar-refractivity contribution >= 4 is 17.6 Å². The number of hydrogen-bond donors (Lipinski definition) is 2. The quantitative estimate of drug-likeness (QED) is 0.701. The molecule has 8 nitrogen and oxygen atoms in total. The average Bonchev–Trinajstić information content (AvgIpc) is 3.06. The Hall–Kier alpha value is -3.08. The molecule has 2 aliphatic rings.